The highest BCUT2D eigenvalue weighted by molar-refractivity contribution is 7.89. The predicted octanol–water partition coefficient (Wildman–Crippen LogP) is 0.792. The van der Waals surface area contributed by atoms with E-state index in [9.17, 15) is 8.42 Å². The lowest BCUT2D eigenvalue weighted by atomic mass is 10.1. The molecule has 1 saturated heterocycles. The lowest BCUT2D eigenvalue weighted by molar-refractivity contribution is 0.0927. The Morgan fingerprint density at radius 1 is 1.50 bits per heavy atom. The van der Waals surface area contributed by atoms with Crippen molar-refractivity contribution in [3.8, 4) is 0 Å². The van der Waals surface area contributed by atoms with Crippen molar-refractivity contribution in [1.82, 2.24) is 4.72 Å². The molecule has 0 saturated carbocycles. The molecule has 0 aliphatic carbocycles. The van der Waals surface area contributed by atoms with Gasteiger partial charge in [-0.3, -0.25) is 0 Å². The maximum Gasteiger partial charge on any atom is 0.242 e. The Morgan fingerprint density at radius 3 is 2.90 bits per heavy atom. The Labute approximate surface area is 120 Å². The van der Waals surface area contributed by atoms with Gasteiger partial charge in [-0.1, -0.05) is 6.92 Å². The second-order valence-corrected chi connectivity index (χ2v) is 6.62. The Balaban J connectivity index is 2.50. The number of nitrogens with two attached hydrogens (primary N) is 1. The summed E-state index contributed by atoms with van der Waals surface area (Å²) in [6.45, 7) is 3.95. The van der Waals surface area contributed by atoms with E-state index in [1.54, 1.807) is 12.1 Å². The quantitative estimate of drug-likeness (QED) is 0.803. The minimum Gasteiger partial charge on any atom is -0.399 e. The molecule has 3 N–H and O–H groups in total. The van der Waals surface area contributed by atoms with Crippen LogP contribution in [-0.4, -0.2) is 41.3 Å². The molecule has 1 aliphatic rings. The van der Waals surface area contributed by atoms with Gasteiger partial charge < -0.3 is 15.4 Å². The molecule has 6 nitrogen and oxygen atoms in total. The monoisotopic (exact) mass is 299 g/mol. The van der Waals surface area contributed by atoms with Crippen LogP contribution in [-0.2, 0) is 14.8 Å². The smallest absolute Gasteiger partial charge is 0.242 e. The number of sulfonamides is 1. The van der Waals surface area contributed by atoms with Crippen LogP contribution >= 0.6 is 0 Å². The first-order valence-corrected chi connectivity index (χ1v) is 8.15. The fourth-order valence-corrected chi connectivity index (χ4v) is 3.38. The fourth-order valence-electron chi connectivity index (χ4n) is 2.40. The van der Waals surface area contributed by atoms with Gasteiger partial charge in [-0.05, 0) is 31.7 Å². The molecule has 1 unspecified atom stereocenters. The number of morpholine rings is 1. The minimum absolute atomic E-state index is 0.179. The zero-order chi connectivity index (χ0) is 14.8. The van der Waals surface area contributed by atoms with E-state index in [0.717, 1.165) is 6.42 Å². The normalized spacial score (nSPS) is 20.1. The van der Waals surface area contributed by atoms with Gasteiger partial charge in [0.05, 0.1) is 24.9 Å². The Morgan fingerprint density at radius 2 is 2.25 bits per heavy atom. The van der Waals surface area contributed by atoms with Crippen LogP contribution in [0.1, 0.15) is 13.3 Å². The maximum absolute atomic E-state index is 12.2. The Kier molecular flexibility index (Phi) is 4.52. The summed E-state index contributed by atoms with van der Waals surface area (Å²) >= 11 is 0. The molecule has 1 aromatic carbocycles. The molecule has 1 aliphatic heterocycles. The highest BCUT2D eigenvalue weighted by Crippen LogP contribution is 2.30. The van der Waals surface area contributed by atoms with Gasteiger partial charge in [0.25, 0.3) is 0 Å². The Bertz CT molecular complexity index is 574. The molecule has 1 fully saturated rings. The lowest BCUT2D eigenvalue weighted by Gasteiger charge is -2.37. The van der Waals surface area contributed by atoms with Gasteiger partial charge in [0, 0.05) is 12.2 Å². The first kappa shape index (κ1) is 15.1. The summed E-state index contributed by atoms with van der Waals surface area (Å²) in [6.07, 6.45) is 0.892. The summed E-state index contributed by atoms with van der Waals surface area (Å²) < 4.78 is 32.2. The van der Waals surface area contributed by atoms with Crippen molar-refractivity contribution in [2.24, 2.45) is 0 Å². The van der Waals surface area contributed by atoms with Gasteiger partial charge >= 0.3 is 0 Å². The van der Waals surface area contributed by atoms with Gasteiger partial charge in [-0.25, -0.2) is 13.1 Å². The minimum atomic E-state index is -3.54. The van der Waals surface area contributed by atoms with Gasteiger partial charge in [-0.15, -0.1) is 0 Å². The van der Waals surface area contributed by atoms with Crippen molar-refractivity contribution in [2.45, 2.75) is 24.3 Å². The molecular formula is C13H21N3O3S. The van der Waals surface area contributed by atoms with E-state index in [-0.39, 0.29) is 10.9 Å². The highest BCUT2D eigenvalue weighted by atomic mass is 32.2. The largest absolute Gasteiger partial charge is 0.399 e. The van der Waals surface area contributed by atoms with Crippen LogP contribution in [0.5, 0.6) is 0 Å². The van der Waals surface area contributed by atoms with Gasteiger partial charge in [0.2, 0.25) is 10.0 Å². The topological polar surface area (TPSA) is 84.7 Å². The molecule has 0 bridgehead atoms. The molecule has 2 rings (SSSR count). The third-order valence-corrected chi connectivity index (χ3v) is 4.99. The van der Waals surface area contributed by atoms with E-state index in [2.05, 4.69) is 16.5 Å². The first-order chi connectivity index (χ1) is 9.49. The van der Waals surface area contributed by atoms with Crippen molar-refractivity contribution >= 4 is 21.4 Å². The average molecular weight is 299 g/mol. The van der Waals surface area contributed by atoms with Crippen LogP contribution in [0.4, 0.5) is 11.4 Å². The van der Waals surface area contributed by atoms with E-state index < -0.39 is 10.0 Å². The summed E-state index contributed by atoms with van der Waals surface area (Å²) in [4.78, 5) is 2.31. The van der Waals surface area contributed by atoms with Crippen LogP contribution in [0.15, 0.2) is 23.1 Å². The maximum atomic E-state index is 12.2. The molecule has 0 amide bonds. The number of nitrogen functional groups attached to an aromatic ring is 1. The molecule has 7 heteroatoms. The molecule has 0 spiro atoms. The zero-order valence-electron chi connectivity index (χ0n) is 11.8. The van der Waals surface area contributed by atoms with Crippen LogP contribution in [0.25, 0.3) is 0 Å². The number of nitrogens with zero attached hydrogens (tertiary/aromatic N) is 1. The number of ether oxygens (including phenoxy) is 1. The lowest BCUT2D eigenvalue weighted by Crippen LogP contribution is -2.46. The van der Waals surface area contributed by atoms with Crippen LogP contribution in [0.3, 0.4) is 0 Å². The standard InChI is InChI=1S/C13H21N3O3S/c1-3-11-9-19-7-6-16(11)12-5-4-10(14)8-13(12)20(17,18)15-2/h4-5,8,11,15H,3,6-7,9,14H2,1-2H3. The number of rotatable bonds is 4. The molecule has 20 heavy (non-hydrogen) atoms. The SMILES string of the molecule is CCC1COCCN1c1ccc(N)cc1S(=O)(=O)NC. The fraction of sp³-hybridized carbons (Fsp3) is 0.538. The van der Waals surface area contributed by atoms with Crippen molar-refractivity contribution in [2.75, 3.05) is 37.4 Å². The highest BCUT2D eigenvalue weighted by Gasteiger charge is 2.27. The summed E-state index contributed by atoms with van der Waals surface area (Å²) in [5.74, 6) is 0. The molecule has 1 atom stereocenters. The third-order valence-electron chi connectivity index (χ3n) is 3.55. The molecule has 1 aromatic rings. The molecule has 0 aromatic heterocycles. The molecular weight excluding hydrogens is 278 g/mol. The van der Waals surface area contributed by atoms with Crippen molar-refractivity contribution in [1.29, 1.82) is 0 Å². The number of nitrogens with one attached hydrogen (secondary N) is 1. The average Bonchev–Trinajstić information content (AvgIpc) is 2.47. The summed E-state index contributed by atoms with van der Waals surface area (Å²) in [7, 11) is -2.14. The zero-order valence-corrected chi connectivity index (χ0v) is 12.6. The van der Waals surface area contributed by atoms with Crippen LogP contribution in [0, 0.1) is 0 Å². The Hall–Kier alpha value is -1.31. The first-order valence-electron chi connectivity index (χ1n) is 6.67. The summed E-state index contributed by atoms with van der Waals surface area (Å²) in [6, 6.07) is 5.18. The van der Waals surface area contributed by atoms with Crippen molar-refractivity contribution in [3.63, 3.8) is 0 Å². The number of benzene rings is 1. The third kappa shape index (κ3) is 2.89. The van der Waals surface area contributed by atoms with E-state index >= 15 is 0 Å². The van der Waals surface area contributed by atoms with Crippen molar-refractivity contribution in [3.05, 3.63) is 18.2 Å². The van der Waals surface area contributed by atoms with Crippen LogP contribution < -0.4 is 15.4 Å². The predicted molar refractivity (Wildman–Crippen MR) is 79.3 cm³/mol. The second-order valence-electron chi connectivity index (χ2n) is 4.77. The number of hydrogen-bond acceptors (Lipinski definition) is 5. The van der Waals surface area contributed by atoms with Gasteiger partial charge in [0.1, 0.15) is 4.90 Å². The van der Waals surface area contributed by atoms with E-state index in [1.807, 2.05) is 0 Å². The summed E-state index contributed by atoms with van der Waals surface area (Å²) in [5.41, 5.74) is 6.86. The second kappa shape index (κ2) is 5.99. The summed E-state index contributed by atoms with van der Waals surface area (Å²) in [5, 5.41) is 0. The van der Waals surface area contributed by atoms with E-state index in [1.165, 1.54) is 13.1 Å². The van der Waals surface area contributed by atoms with Gasteiger partial charge in [-0.2, -0.15) is 0 Å². The van der Waals surface area contributed by atoms with Crippen molar-refractivity contribution < 1.29 is 13.2 Å². The molecule has 0 radical (unpaired) electrons. The van der Waals surface area contributed by atoms with Crippen LogP contribution in [0.2, 0.25) is 0 Å². The van der Waals surface area contributed by atoms with Gasteiger partial charge in [0.15, 0.2) is 0 Å². The molecule has 1 heterocycles. The number of hydrogen-bond donors (Lipinski definition) is 2. The van der Waals surface area contributed by atoms with E-state index in [4.69, 9.17) is 10.5 Å². The number of anilines is 2. The molecule has 112 valence electrons. The van der Waals surface area contributed by atoms with E-state index in [0.29, 0.717) is 31.1 Å².